The minimum absolute atomic E-state index is 0.860. The van der Waals surface area contributed by atoms with E-state index in [9.17, 15) is 0 Å². The molecule has 4 heteroatoms. The van der Waals surface area contributed by atoms with Crippen molar-refractivity contribution in [2.75, 3.05) is 39.3 Å². The van der Waals surface area contributed by atoms with E-state index in [1.807, 2.05) is 0 Å². The average molecular weight is 309 g/mol. The maximum Gasteiger partial charge on any atom is 0.191 e. The molecule has 0 spiro atoms. The second kappa shape index (κ2) is 9.39. The van der Waals surface area contributed by atoms with Gasteiger partial charge in [0, 0.05) is 32.7 Å². The van der Waals surface area contributed by atoms with Gasteiger partial charge in [0.25, 0.3) is 0 Å². The van der Waals surface area contributed by atoms with Crippen LogP contribution in [-0.4, -0.2) is 50.1 Å². The van der Waals surface area contributed by atoms with Gasteiger partial charge < -0.3 is 15.5 Å². The van der Waals surface area contributed by atoms with Crippen molar-refractivity contribution in [2.24, 2.45) is 22.7 Å². The summed E-state index contributed by atoms with van der Waals surface area (Å²) in [7, 11) is 0. The topological polar surface area (TPSA) is 39.7 Å². The lowest BCUT2D eigenvalue weighted by molar-refractivity contribution is 0.139. The van der Waals surface area contributed by atoms with E-state index in [0.717, 1.165) is 43.3 Å². The molecule has 2 N–H and O–H groups in total. The van der Waals surface area contributed by atoms with E-state index in [1.165, 1.54) is 51.7 Å². The first-order valence-corrected chi connectivity index (χ1v) is 9.42. The highest BCUT2D eigenvalue weighted by Gasteiger charge is 2.21. The lowest BCUT2D eigenvalue weighted by atomic mass is 9.92. The monoisotopic (exact) mass is 308 g/mol. The summed E-state index contributed by atoms with van der Waals surface area (Å²) in [6.45, 7) is 13.7. The molecule has 0 aromatic rings. The standard InChI is InChI=1S/C18H36N4/c1-4-19-18(21-12-17-7-8-17)20-9-5-6-10-22-13-15(2)11-16(3)14-22/h15-17H,4-14H2,1-3H3,(H2,19,20,21). The summed E-state index contributed by atoms with van der Waals surface area (Å²) in [5, 5.41) is 6.83. The van der Waals surface area contributed by atoms with Gasteiger partial charge in [0.1, 0.15) is 0 Å². The number of unbranched alkanes of at least 4 members (excludes halogenated alkanes) is 1. The zero-order valence-corrected chi connectivity index (χ0v) is 14.9. The molecule has 1 aliphatic carbocycles. The maximum absolute atomic E-state index is 4.67. The summed E-state index contributed by atoms with van der Waals surface area (Å²) in [6.07, 6.45) is 6.66. The Labute approximate surface area is 137 Å². The highest BCUT2D eigenvalue weighted by atomic mass is 15.2. The highest BCUT2D eigenvalue weighted by molar-refractivity contribution is 5.79. The van der Waals surface area contributed by atoms with Crippen molar-refractivity contribution in [2.45, 2.75) is 52.9 Å². The molecule has 0 radical (unpaired) electrons. The van der Waals surface area contributed by atoms with Crippen LogP contribution in [-0.2, 0) is 0 Å². The minimum Gasteiger partial charge on any atom is -0.357 e. The van der Waals surface area contributed by atoms with Gasteiger partial charge in [0.2, 0.25) is 0 Å². The van der Waals surface area contributed by atoms with Crippen LogP contribution in [0.4, 0.5) is 0 Å². The van der Waals surface area contributed by atoms with Crippen LogP contribution in [0.5, 0.6) is 0 Å². The minimum atomic E-state index is 0.860. The molecule has 1 saturated heterocycles. The zero-order chi connectivity index (χ0) is 15.8. The van der Waals surface area contributed by atoms with Crippen LogP contribution in [0.1, 0.15) is 52.9 Å². The normalized spacial score (nSPS) is 27.0. The molecule has 1 saturated carbocycles. The van der Waals surface area contributed by atoms with Crippen LogP contribution < -0.4 is 10.6 Å². The number of nitrogens with zero attached hydrogens (tertiary/aromatic N) is 2. The molecular weight excluding hydrogens is 272 g/mol. The molecule has 0 bridgehead atoms. The van der Waals surface area contributed by atoms with Gasteiger partial charge in [-0.15, -0.1) is 0 Å². The Balaban J connectivity index is 1.55. The number of hydrogen-bond acceptors (Lipinski definition) is 2. The highest BCUT2D eigenvalue weighted by Crippen LogP contribution is 2.28. The molecule has 0 aromatic carbocycles. The van der Waals surface area contributed by atoms with Crippen molar-refractivity contribution in [1.82, 2.24) is 15.5 Å². The number of guanidine groups is 1. The van der Waals surface area contributed by atoms with E-state index >= 15 is 0 Å². The van der Waals surface area contributed by atoms with Gasteiger partial charge in [-0.2, -0.15) is 0 Å². The Morgan fingerprint density at radius 2 is 1.82 bits per heavy atom. The van der Waals surface area contributed by atoms with E-state index in [4.69, 9.17) is 0 Å². The SMILES string of the molecule is CCNC(=NCC1CC1)NCCCCN1CC(C)CC(C)C1. The third-order valence-corrected chi connectivity index (χ3v) is 4.69. The maximum atomic E-state index is 4.67. The first-order chi connectivity index (χ1) is 10.7. The Morgan fingerprint density at radius 1 is 1.09 bits per heavy atom. The third kappa shape index (κ3) is 6.99. The molecule has 4 nitrogen and oxygen atoms in total. The van der Waals surface area contributed by atoms with Gasteiger partial charge in [-0.05, 0) is 63.3 Å². The molecule has 0 aromatic heterocycles. The molecule has 128 valence electrons. The number of hydrogen-bond donors (Lipinski definition) is 2. The average Bonchev–Trinajstić information content (AvgIpc) is 3.27. The van der Waals surface area contributed by atoms with E-state index in [-0.39, 0.29) is 0 Å². The lowest BCUT2D eigenvalue weighted by Gasteiger charge is -2.34. The Bertz CT molecular complexity index is 328. The summed E-state index contributed by atoms with van der Waals surface area (Å²) >= 11 is 0. The second-order valence-corrected chi connectivity index (χ2v) is 7.50. The molecular formula is C18H36N4. The predicted molar refractivity (Wildman–Crippen MR) is 95.3 cm³/mol. The molecule has 2 atom stereocenters. The first-order valence-electron chi connectivity index (χ1n) is 9.42. The summed E-state index contributed by atoms with van der Waals surface area (Å²) in [6, 6.07) is 0. The predicted octanol–water partition coefficient (Wildman–Crippen LogP) is 2.71. The van der Waals surface area contributed by atoms with E-state index in [2.05, 4.69) is 41.3 Å². The van der Waals surface area contributed by atoms with Crippen molar-refractivity contribution in [3.8, 4) is 0 Å². The number of aliphatic imine (C=N–C) groups is 1. The molecule has 2 aliphatic rings. The van der Waals surface area contributed by atoms with Gasteiger partial charge in [-0.1, -0.05) is 13.8 Å². The number of likely N-dealkylation sites (tertiary alicyclic amines) is 1. The number of nitrogens with one attached hydrogen (secondary N) is 2. The van der Waals surface area contributed by atoms with Crippen molar-refractivity contribution in [3.05, 3.63) is 0 Å². The van der Waals surface area contributed by atoms with Gasteiger partial charge in [-0.3, -0.25) is 4.99 Å². The van der Waals surface area contributed by atoms with Crippen LogP contribution in [0.3, 0.4) is 0 Å². The third-order valence-electron chi connectivity index (χ3n) is 4.69. The lowest BCUT2D eigenvalue weighted by Crippen LogP contribution is -2.40. The van der Waals surface area contributed by atoms with E-state index in [0.29, 0.717) is 0 Å². The number of rotatable bonds is 8. The van der Waals surface area contributed by atoms with Gasteiger partial charge in [0.15, 0.2) is 5.96 Å². The van der Waals surface area contributed by atoms with Crippen molar-refractivity contribution in [3.63, 3.8) is 0 Å². The largest absolute Gasteiger partial charge is 0.357 e. The molecule has 1 heterocycles. The van der Waals surface area contributed by atoms with Gasteiger partial charge in [-0.25, -0.2) is 0 Å². The molecule has 2 fully saturated rings. The number of piperidine rings is 1. The smallest absolute Gasteiger partial charge is 0.191 e. The van der Waals surface area contributed by atoms with Crippen molar-refractivity contribution < 1.29 is 0 Å². The fourth-order valence-corrected chi connectivity index (χ4v) is 3.50. The molecule has 1 aliphatic heterocycles. The summed E-state index contributed by atoms with van der Waals surface area (Å²) in [5.41, 5.74) is 0. The van der Waals surface area contributed by atoms with E-state index in [1.54, 1.807) is 0 Å². The molecule has 22 heavy (non-hydrogen) atoms. The molecule has 2 rings (SSSR count). The fourth-order valence-electron chi connectivity index (χ4n) is 3.50. The summed E-state index contributed by atoms with van der Waals surface area (Å²) in [5.74, 6) is 3.61. The van der Waals surface area contributed by atoms with Crippen LogP contribution in [0.15, 0.2) is 4.99 Å². The van der Waals surface area contributed by atoms with Crippen molar-refractivity contribution in [1.29, 1.82) is 0 Å². The zero-order valence-electron chi connectivity index (χ0n) is 14.9. The Morgan fingerprint density at radius 3 is 2.45 bits per heavy atom. The van der Waals surface area contributed by atoms with Crippen LogP contribution in [0.2, 0.25) is 0 Å². The van der Waals surface area contributed by atoms with Crippen LogP contribution >= 0.6 is 0 Å². The fraction of sp³-hybridized carbons (Fsp3) is 0.944. The Kier molecular flexibility index (Phi) is 7.50. The van der Waals surface area contributed by atoms with E-state index < -0.39 is 0 Å². The second-order valence-electron chi connectivity index (χ2n) is 7.50. The Hall–Kier alpha value is -0.770. The molecule has 2 unspecified atom stereocenters. The van der Waals surface area contributed by atoms with Gasteiger partial charge >= 0.3 is 0 Å². The van der Waals surface area contributed by atoms with Crippen molar-refractivity contribution >= 4 is 5.96 Å². The summed E-state index contributed by atoms with van der Waals surface area (Å²) in [4.78, 5) is 7.32. The summed E-state index contributed by atoms with van der Waals surface area (Å²) < 4.78 is 0. The van der Waals surface area contributed by atoms with Crippen LogP contribution in [0, 0.1) is 17.8 Å². The van der Waals surface area contributed by atoms with Gasteiger partial charge in [0.05, 0.1) is 0 Å². The quantitative estimate of drug-likeness (QED) is 0.411. The van der Waals surface area contributed by atoms with Crippen LogP contribution in [0.25, 0.3) is 0 Å². The first kappa shape index (κ1) is 17.6. The molecule has 0 amide bonds.